The zero-order valence-electron chi connectivity index (χ0n) is 18.2. The molecule has 0 aliphatic heterocycles. The molecule has 7 heteroatoms. The van der Waals surface area contributed by atoms with Crippen LogP contribution in [-0.4, -0.2) is 10.8 Å². The fraction of sp³-hybridized carbons (Fsp3) is 0.0741. The maximum absolute atomic E-state index is 13.6. The van der Waals surface area contributed by atoms with Crippen molar-refractivity contribution in [2.45, 2.75) is 12.5 Å². The van der Waals surface area contributed by atoms with Gasteiger partial charge in [-0.05, 0) is 60.2 Å². The Kier molecular flexibility index (Phi) is 7.91. The fourth-order valence-corrected chi connectivity index (χ4v) is 3.79. The molecule has 0 bridgehead atoms. The zero-order chi connectivity index (χ0) is 23.8. The molecule has 0 fully saturated rings. The summed E-state index contributed by atoms with van der Waals surface area (Å²) in [5.74, 6) is -0.187. The van der Waals surface area contributed by atoms with Crippen molar-refractivity contribution in [3.05, 3.63) is 125 Å². The van der Waals surface area contributed by atoms with E-state index in [1.165, 1.54) is 12.1 Å². The van der Waals surface area contributed by atoms with Gasteiger partial charge in [0.15, 0.2) is 0 Å². The van der Waals surface area contributed by atoms with Gasteiger partial charge in [0, 0.05) is 22.1 Å². The Bertz CT molecular complexity index is 1230. The van der Waals surface area contributed by atoms with Crippen LogP contribution in [0.2, 0.25) is 0 Å². The summed E-state index contributed by atoms with van der Waals surface area (Å²) in [6.45, 7) is 0. The third-order valence-electron chi connectivity index (χ3n) is 5.20. The number of benzene rings is 4. The van der Waals surface area contributed by atoms with Gasteiger partial charge in [0.05, 0.1) is 17.4 Å². The van der Waals surface area contributed by atoms with Crippen LogP contribution in [0, 0.1) is 5.82 Å². The van der Waals surface area contributed by atoms with Crippen LogP contribution in [0.4, 0.5) is 15.8 Å². The van der Waals surface area contributed by atoms with Crippen LogP contribution in [0.5, 0.6) is 5.75 Å². The van der Waals surface area contributed by atoms with Gasteiger partial charge in [0.25, 0.3) is 0 Å². The van der Waals surface area contributed by atoms with E-state index in [4.69, 9.17) is 0 Å². The minimum atomic E-state index is -0.303. The van der Waals surface area contributed by atoms with E-state index in [1.54, 1.807) is 24.3 Å². The smallest absolute Gasteiger partial charge is 0.124 e. The second-order valence-corrected chi connectivity index (χ2v) is 8.56. The SMILES string of the molecule is Oc1ccc(Br)cc1C(CC(NNc1ccccc1)c1ccc(F)cc1)=NNc1ccccc1. The number of hydrazine groups is 1. The largest absolute Gasteiger partial charge is 0.507 e. The first-order chi connectivity index (χ1) is 16.6. The summed E-state index contributed by atoms with van der Waals surface area (Å²) in [5.41, 5.74) is 13.4. The molecule has 0 saturated carbocycles. The highest BCUT2D eigenvalue weighted by molar-refractivity contribution is 9.10. The lowest BCUT2D eigenvalue weighted by Crippen LogP contribution is -2.29. The molecule has 0 aliphatic rings. The summed E-state index contributed by atoms with van der Waals surface area (Å²) in [4.78, 5) is 0. The van der Waals surface area contributed by atoms with Gasteiger partial charge in [-0.15, -0.1) is 0 Å². The molecule has 0 aromatic heterocycles. The highest BCUT2D eigenvalue weighted by atomic mass is 79.9. The highest BCUT2D eigenvalue weighted by Crippen LogP contribution is 2.28. The van der Waals surface area contributed by atoms with E-state index in [2.05, 4.69) is 37.3 Å². The Hall–Kier alpha value is -3.68. The highest BCUT2D eigenvalue weighted by Gasteiger charge is 2.19. The number of phenolic OH excluding ortho intramolecular Hbond substituents is 1. The van der Waals surface area contributed by atoms with Crippen molar-refractivity contribution in [3.8, 4) is 5.75 Å². The fourth-order valence-electron chi connectivity index (χ4n) is 3.43. The molecule has 4 aromatic rings. The van der Waals surface area contributed by atoms with Gasteiger partial charge in [-0.25, -0.2) is 9.82 Å². The molecule has 4 N–H and O–H groups in total. The average molecular weight is 519 g/mol. The minimum absolute atomic E-state index is 0.116. The molecule has 0 radical (unpaired) electrons. The third kappa shape index (κ3) is 6.43. The van der Waals surface area contributed by atoms with Crippen molar-refractivity contribution in [1.82, 2.24) is 5.43 Å². The van der Waals surface area contributed by atoms with E-state index < -0.39 is 0 Å². The normalized spacial score (nSPS) is 12.2. The zero-order valence-corrected chi connectivity index (χ0v) is 19.8. The molecule has 1 unspecified atom stereocenters. The lowest BCUT2D eigenvalue weighted by molar-refractivity contribution is 0.473. The van der Waals surface area contributed by atoms with Gasteiger partial charge in [-0.3, -0.25) is 5.43 Å². The molecule has 0 saturated heterocycles. The number of hydrogen-bond donors (Lipinski definition) is 4. The Labute approximate surface area is 206 Å². The number of phenols is 1. The van der Waals surface area contributed by atoms with Gasteiger partial charge >= 0.3 is 0 Å². The molecule has 1 atom stereocenters. The molecular formula is C27H24BrFN4O. The molecule has 0 aliphatic carbocycles. The van der Waals surface area contributed by atoms with Crippen LogP contribution in [-0.2, 0) is 0 Å². The van der Waals surface area contributed by atoms with Gasteiger partial charge in [0.2, 0.25) is 0 Å². The number of nitrogens with zero attached hydrogens (tertiary/aromatic N) is 1. The molecule has 4 aromatic carbocycles. The molecule has 4 rings (SSSR count). The van der Waals surface area contributed by atoms with Crippen LogP contribution in [0.25, 0.3) is 0 Å². The molecular weight excluding hydrogens is 495 g/mol. The van der Waals surface area contributed by atoms with Crippen molar-refractivity contribution in [1.29, 1.82) is 0 Å². The molecule has 0 heterocycles. The van der Waals surface area contributed by atoms with Gasteiger partial charge in [-0.2, -0.15) is 5.10 Å². The Balaban J connectivity index is 1.67. The van der Waals surface area contributed by atoms with Crippen molar-refractivity contribution in [2.24, 2.45) is 5.10 Å². The number of nitrogens with one attached hydrogen (secondary N) is 3. The van der Waals surface area contributed by atoms with Crippen LogP contribution >= 0.6 is 15.9 Å². The molecule has 172 valence electrons. The quantitative estimate of drug-likeness (QED) is 0.144. The second-order valence-electron chi connectivity index (χ2n) is 7.64. The van der Waals surface area contributed by atoms with Gasteiger partial charge in [0.1, 0.15) is 11.6 Å². The van der Waals surface area contributed by atoms with Gasteiger partial charge in [-0.1, -0.05) is 64.5 Å². The van der Waals surface area contributed by atoms with E-state index in [1.807, 2.05) is 66.7 Å². The maximum Gasteiger partial charge on any atom is 0.124 e. The Morgan fingerprint density at radius 2 is 1.50 bits per heavy atom. The number of anilines is 2. The third-order valence-corrected chi connectivity index (χ3v) is 5.69. The van der Waals surface area contributed by atoms with Crippen LogP contribution in [0.3, 0.4) is 0 Å². The topological polar surface area (TPSA) is 68.7 Å². The summed E-state index contributed by atoms with van der Waals surface area (Å²) in [6, 6.07) is 30.6. The van der Waals surface area contributed by atoms with E-state index in [9.17, 15) is 9.50 Å². The molecule has 0 spiro atoms. The summed E-state index contributed by atoms with van der Waals surface area (Å²) in [5, 5.41) is 15.3. The lowest BCUT2D eigenvalue weighted by Gasteiger charge is -2.22. The van der Waals surface area contributed by atoms with Crippen molar-refractivity contribution in [3.63, 3.8) is 0 Å². The Morgan fingerprint density at radius 3 is 2.18 bits per heavy atom. The standard InChI is InChI=1S/C27H24BrFN4O/c28-20-13-16-27(34)24(17-20)26(33-31-23-9-5-2-6-10-23)18-25(19-11-14-21(29)15-12-19)32-30-22-7-3-1-4-8-22/h1-17,25,30-32,34H,18H2. The van der Waals surface area contributed by atoms with Crippen LogP contribution < -0.4 is 16.3 Å². The summed E-state index contributed by atoms with van der Waals surface area (Å²) in [6.07, 6.45) is 0.398. The maximum atomic E-state index is 13.6. The lowest BCUT2D eigenvalue weighted by atomic mass is 9.97. The molecule has 34 heavy (non-hydrogen) atoms. The summed E-state index contributed by atoms with van der Waals surface area (Å²) >= 11 is 3.48. The number of aromatic hydroxyl groups is 1. The summed E-state index contributed by atoms with van der Waals surface area (Å²) in [7, 11) is 0. The number of hydrazone groups is 1. The first kappa shape index (κ1) is 23.5. The number of para-hydroxylation sites is 2. The van der Waals surface area contributed by atoms with Crippen LogP contribution in [0.1, 0.15) is 23.6 Å². The minimum Gasteiger partial charge on any atom is -0.507 e. The van der Waals surface area contributed by atoms with Crippen LogP contribution in [0.15, 0.2) is 113 Å². The first-order valence-electron chi connectivity index (χ1n) is 10.8. The molecule has 5 nitrogen and oxygen atoms in total. The predicted molar refractivity (Wildman–Crippen MR) is 139 cm³/mol. The van der Waals surface area contributed by atoms with E-state index in [-0.39, 0.29) is 17.6 Å². The number of rotatable bonds is 9. The second kappa shape index (κ2) is 11.4. The number of halogens is 2. The van der Waals surface area contributed by atoms with Crippen molar-refractivity contribution >= 4 is 33.0 Å². The molecule has 0 amide bonds. The first-order valence-corrected chi connectivity index (χ1v) is 11.6. The monoisotopic (exact) mass is 518 g/mol. The average Bonchev–Trinajstić information content (AvgIpc) is 2.87. The summed E-state index contributed by atoms with van der Waals surface area (Å²) < 4.78 is 14.4. The van der Waals surface area contributed by atoms with E-state index in [0.29, 0.717) is 17.7 Å². The van der Waals surface area contributed by atoms with E-state index >= 15 is 0 Å². The number of hydrogen-bond acceptors (Lipinski definition) is 5. The van der Waals surface area contributed by atoms with Crippen molar-refractivity contribution < 1.29 is 9.50 Å². The Morgan fingerprint density at radius 1 is 0.853 bits per heavy atom. The van der Waals surface area contributed by atoms with Gasteiger partial charge < -0.3 is 10.5 Å². The van der Waals surface area contributed by atoms with E-state index in [0.717, 1.165) is 21.4 Å². The predicted octanol–water partition coefficient (Wildman–Crippen LogP) is 6.86. The van der Waals surface area contributed by atoms with Crippen molar-refractivity contribution in [2.75, 3.05) is 10.9 Å².